The van der Waals surface area contributed by atoms with Gasteiger partial charge in [0, 0.05) is 6.54 Å². The topological polar surface area (TPSA) is 71.8 Å². The Bertz CT molecular complexity index is 458. The van der Waals surface area contributed by atoms with Gasteiger partial charge in [0.1, 0.15) is 5.76 Å². The van der Waals surface area contributed by atoms with Gasteiger partial charge in [-0.3, -0.25) is 14.5 Å². The first-order chi connectivity index (χ1) is 10.2. The van der Waals surface area contributed by atoms with Crippen molar-refractivity contribution in [3.05, 3.63) is 24.2 Å². The number of esters is 1. The number of furan rings is 1. The molecule has 0 aromatic carbocycles. The zero-order valence-corrected chi connectivity index (χ0v) is 12.3. The third-order valence-corrected chi connectivity index (χ3v) is 3.53. The van der Waals surface area contributed by atoms with Crippen LogP contribution in [0.25, 0.3) is 0 Å². The fourth-order valence-corrected chi connectivity index (χ4v) is 2.51. The molecule has 0 saturated carbocycles. The molecule has 1 aliphatic heterocycles. The minimum absolute atomic E-state index is 0.0593. The van der Waals surface area contributed by atoms with Crippen LogP contribution in [-0.2, 0) is 20.9 Å². The fourth-order valence-electron chi connectivity index (χ4n) is 2.51. The number of rotatable bonds is 6. The van der Waals surface area contributed by atoms with Crippen molar-refractivity contribution in [2.24, 2.45) is 5.92 Å². The summed E-state index contributed by atoms with van der Waals surface area (Å²) in [6, 6.07) is 3.61. The summed E-state index contributed by atoms with van der Waals surface area (Å²) in [7, 11) is 0. The van der Waals surface area contributed by atoms with Crippen LogP contribution in [0.15, 0.2) is 22.8 Å². The van der Waals surface area contributed by atoms with E-state index in [4.69, 9.17) is 9.15 Å². The molecule has 1 N–H and O–H groups in total. The van der Waals surface area contributed by atoms with Crippen LogP contribution in [0.4, 0.5) is 0 Å². The predicted octanol–water partition coefficient (Wildman–Crippen LogP) is 1.17. The first kappa shape index (κ1) is 15.6. The van der Waals surface area contributed by atoms with Crippen LogP contribution in [0.3, 0.4) is 0 Å². The van der Waals surface area contributed by atoms with Crippen LogP contribution in [0.1, 0.15) is 25.5 Å². The number of hydrogen-bond donors (Lipinski definition) is 1. The van der Waals surface area contributed by atoms with E-state index in [0.29, 0.717) is 26.2 Å². The van der Waals surface area contributed by atoms with Crippen molar-refractivity contribution >= 4 is 11.9 Å². The van der Waals surface area contributed by atoms with Crippen molar-refractivity contribution in [3.63, 3.8) is 0 Å². The molecule has 1 aromatic rings. The quantitative estimate of drug-likeness (QED) is 0.797. The molecular weight excluding hydrogens is 272 g/mol. The number of hydrogen-bond acceptors (Lipinski definition) is 5. The first-order valence-electron chi connectivity index (χ1n) is 7.37. The van der Waals surface area contributed by atoms with Crippen LogP contribution in [0, 0.1) is 5.92 Å². The Balaban J connectivity index is 1.74. The number of likely N-dealkylation sites (tertiary alicyclic amines) is 1. The number of ether oxygens (including phenoxy) is 1. The highest BCUT2D eigenvalue weighted by molar-refractivity contribution is 5.78. The average Bonchev–Trinajstić information content (AvgIpc) is 2.99. The van der Waals surface area contributed by atoms with Crippen molar-refractivity contribution in [2.45, 2.75) is 26.3 Å². The second-order valence-electron chi connectivity index (χ2n) is 5.18. The summed E-state index contributed by atoms with van der Waals surface area (Å²) in [6.45, 7) is 4.33. The molecule has 1 saturated heterocycles. The first-order valence-corrected chi connectivity index (χ1v) is 7.37. The van der Waals surface area contributed by atoms with Crippen LogP contribution in [0.5, 0.6) is 0 Å². The van der Waals surface area contributed by atoms with Gasteiger partial charge in [0.2, 0.25) is 5.91 Å². The zero-order chi connectivity index (χ0) is 15.1. The van der Waals surface area contributed by atoms with Gasteiger partial charge in [0.05, 0.1) is 31.9 Å². The van der Waals surface area contributed by atoms with Crippen LogP contribution in [0.2, 0.25) is 0 Å². The maximum atomic E-state index is 11.9. The molecule has 0 unspecified atom stereocenters. The van der Waals surface area contributed by atoms with Gasteiger partial charge < -0.3 is 14.5 Å². The van der Waals surface area contributed by atoms with E-state index < -0.39 is 0 Å². The molecule has 1 atom stereocenters. The highest BCUT2D eigenvalue weighted by atomic mass is 16.5. The van der Waals surface area contributed by atoms with E-state index in [-0.39, 0.29) is 17.8 Å². The minimum Gasteiger partial charge on any atom is -0.467 e. The van der Waals surface area contributed by atoms with Gasteiger partial charge >= 0.3 is 5.97 Å². The SMILES string of the molecule is CCOC(=O)[C@@H]1CCCN(CC(=O)NCc2ccco2)C1. The second-order valence-corrected chi connectivity index (χ2v) is 5.18. The smallest absolute Gasteiger partial charge is 0.310 e. The molecule has 1 aromatic heterocycles. The molecule has 1 amide bonds. The van der Waals surface area contributed by atoms with E-state index in [2.05, 4.69) is 5.32 Å². The van der Waals surface area contributed by atoms with E-state index >= 15 is 0 Å². The number of piperidine rings is 1. The Kier molecular flexibility index (Phi) is 5.80. The van der Waals surface area contributed by atoms with E-state index in [1.165, 1.54) is 0 Å². The molecule has 1 aliphatic rings. The Morgan fingerprint density at radius 3 is 3.10 bits per heavy atom. The number of amides is 1. The molecule has 2 heterocycles. The number of carbonyl (C=O) groups excluding carboxylic acids is 2. The lowest BCUT2D eigenvalue weighted by molar-refractivity contribution is -0.150. The van der Waals surface area contributed by atoms with Gasteiger partial charge in [-0.15, -0.1) is 0 Å². The lowest BCUT2D eigenvalue weighted by atomic mass is 9.98. The monoisotopic (exact) mass is 294 g/mol. The zero-order valence-electron chi connectivity index (χ0n) is 12.3. The summed E-state index contributed by atoms with van der Waals surface area (Å²) in [5.41, 5.74) is 0. The molecule has 0 aliphatic carbocycles. The molecule has 2 rings (SSSR count). The Morgan fingerprint density at radius 2 is 2.38 bits per heavy atom. The lowest BCUT2D eigenvalue weighted by Gasteiger charge is -2.30. The summed E-state index contributed by atoms with van der Waals surface area (Å²) >= 11 is 0. The number of nitrogens with zero attached hydrogens (tertiary/aromatic N) is 1. The highest BCUT2D eigenvalue weighted by Gasteiger charge is 2.27. The van der Waals surface area contributed by atoms with Crippen molar-refractivity contribution in [2.75, 3.05) is 26.2 Å². The molecule has 21 heavy (non-hydrogen) atoms. The maximum absolute atomic E-state index is 11.9. The summed E-state index contributed by atoms with van der Waals surface area (Å²) in [6.07, 6.45) is 3.33. The highest BCUT2D eigenvalue weighted by Crippen LogP contribution is 2.17. The largest absolute Gasteiger partial charge is 0.467 e. The summed E-state index contributed by atoms with van der Waals surface area (Å²) < 4.78 is 10.2. The maximum Gasteiger partial charge on any atom is 0.310 e. The van der Waals surface area contributed by atoms with Gasteiger partial charge in [0.25, 0.3) is 0 Å². The average molecular weight is 294 g/mol. The molecule has 6 heteroatoms. The lowest BCUT2D eigenvalue weighted by Crippen LogP contribution is -2.44. The summed E-state index contributed by atoms with van der Waals surface area (Å²) in [4.78, 5) is 25.6. The van der Waals surface area contributed by atoms with Crippen molar-refractivity contribution < 1.29 is 18.7 Å². The molecule has 116 valence electrons. The Morgan fingerprint density at radius 1 is 1.52 bits per heavy atom. The van der Waals surface area contributed by atoms with Gasteiger partial charge in [-0.1, -0.05) is 0 Å². The Hall–Kier alpha value is -1.82. The van der Waals surface area contributed by atoms with E-state index in [1.807, 2.05) is 11.0 Å². The number of carbonyl (C=O) groups is 2. The van der Waals surface area contributed by atoms with E-state index in [9.17, 15) is 9.59 Å². The van der Waals surface area contributed by atoms with Crippen LogP contribution >= 0.6 is 0 Å². The third-order valence-electron chi connectivity index (χ3n) is 3.53. The summed E-state index contributed by atoms with van der Waals surface area (Å²) in [5.74, 6) is 0.400. The van der Waals surface area contributed by atoms with Gasteiger partial charge in [0.15, 0.2) is 0 Å². The third kappa shape index (κ3) is 4.90. The molecular formula is C15H22N2O4. The van der Waals surface area contributed by atoms with Gasteiger partial charge in [-0.05, 0) is 38.4 Å². The molecule has 0 spiro atoms. The van der Waals surface area contributed by atoms with Gasteiger partial charge in [-0.2, -0.15) is 0 Å². The van der Waals surface area contributed by atoms with E-state index in [1.54, 1.807) is 19.3 Å². The molecule has 0 radical (unpaired) electrons. The fraction of sp³-hybridized carbons (Fsp3) is 0.600. The molecule has 1 fully saturated rings. The second kappa shape index (κ2) is 7.83. The van der Waals surface area contributed by atoms with Crippen LogP contribution in [-0.4, -0.2) is 43.0 Å². The van der Waals surface area contributed by atoms with Gasteiger partial charge in [-0.25, -0.2) is 0 Å². The predicted molar refractivity (Wildman–Crippen MR) is 76.4 cm³/mol. The minimum atomic E-state index is -0.154. The van der Waals surface area contributed by atoms with Crippen molar-refractivity contribution in [3.8, 4) is 0 Å². The normalized spacial score (nSPS) is 19.2. The summed E-state index contributed by atoms with van der Waals surface area (Å²) in [5, 5.41) is 2.81. The Labute approximate surface area is 124 Å². The molecule has 0 bridgehead atoms. The standard InChI is InChI=1S/C15H22N2O4/c1-2-20-15(19)12-5-3-7-17(10-12)11-14(18)16-9-13-6-4-8-21-13/h4,6,8,12H,2-3,5,7,9-11H2,1H3,(H,16,18)/t12-/m1/s1. The van der Waals surface area contributed by atoms with Crippen LogP contribution < -0.4 is 5.32 Å². The van der Waals surface area contributed by atoms with E-state index in [0.717, 1.165) is 25.1 Å². The number of nitrogens with one attached hydrogen (secondary N) is 1. The van der Waals surface area contributed by atoms with Crippen molar-refractivity contribution in [1.29, 1.82) is 0 Å². The molecule has 6 nitrogen and oxygen atoms in total. The van der Waals surface area contributed by atoms with Crippen molar-refractivity contribution in [1.82, 2.24) is 10.2 Å².